The van der Waals surface area contributed by atoms with Gasteiger partial charge >= 0.3 is 0 Å². The van der Waals surface area contributed by atoms with Crippen molar-refractivity contribution in [3.05, 3.63) is 125 Å². The molecular formula is C34H30N2O6. The molecule has 0 unspecified atom stereocenters. The van der Waals surface area contributed by atoms with Crippen molar-refractivity contribution in [1.29, 1.82) is 0 Å². The minimum atomic E-state index is -0.870. The lowest BCUT2D eigenvalue weighted by atomic mass is 9.94. The molecule has 0 bridgehead atoms. The normalized spacial score (nSPS) is 19.0. The number of ether oxygens (including phenoxy) is 3. The van der Waals surface area contributed by atoms with E-state index in [-0.39, 0.29) is 24.0 Å². The number of likely N-dealkylation sites (tertiary alicyclic amines) is 1. The highest BCUT2D eigenvalue weighted by Crippen LogP contribution is 2.43. The number of ketones is 1. The summed E-state index contributed by atoms with van der Waals surface area (Å²) in [7, 11) is 1.54. The van der Waals surface area contributed by atoms with Gasteiger partial charge in [0.25, 0.3) is 11.7 Å². The number of methoxy groups -OCH3 is 1. The summed E-state index contributed by atoms with van der Waals surface area (Å²) in [5.74, 6) is 0.0177. The number of aliphatic hydroxyl groups is 1. The van der Waals surface area contributed by atoms with E-state index in [1.807, 2.05) is 49.4 Å². The van der Waals surface area contributed by atoms with Gasteiger partial charge in [0.1, 0.15) is 24.2 Å². The van der Waals surface area contributed by atoms with Crippen LogP contribution in [0.4, 0.5) is 0 Å². The molecule has 2 aliphatic rings. The second kappa shape index (κ2) is 11.4. The van der Waals surface area contributed by atoms with Gasteiger partial charge in [-0.05, 0) is 65.6 Å². The van der Waals surface area contributed by atoms with E-state index in [1.165, 1.54) is 12.0 Å². The fourth-order valence-electron chi connectivity index (χ4n) is 5.51. The number of carbonyl (C=O) groups is 2. The van der Waals surface area contributed by atoms with Gasteiger partial charge in [-0.25, -0.2) is 0 Å². The van der Waals surface area contributed by atoms with Gasteiger partial charge < -0.3 is 24.2 Å². The Labute approximate surface area is 243 Å². The van der Waals surface area contributed by atoms with Crippen LogP contribution >= 0.6 is 0 Å². The molecular weight excluding hydrogens is 532 g/mol. The molecule has 3 heterocycles. The Morgan fingerprint density at radius 1 is 1.00 bits per heavy atom. The lowest BCUT2D eigenvalue weighted by molar-refractivity contribution is -0.140. The Hall–Kier alpha value is -5.11. The lowest BCUT2D eigenvalue weighted by Gasteiger charge is -2.26. The van der Waals surface area contributed by atoms with E-state index < -0.39 is 17.7 Å². The molecule has 8 nitrogen and oxygen atoms in total. The Bertz CT molecular complexity index is 1670. The van der Waals surface area contributed by atoms with Crippen LogP contribution in [0, 0.1) is 0 Å². The summed E-state index contributed by atoms with van der Waals surface area (Å²) in [5, 5.41) is 11.6. The minimum Gasteiger partial charge on any atom is -0.507 e. The summed E-state index contributed by atoms with van der Waals surface area (Å²) in [6.07, 6.45) is 4.01. The average molecular weight is 563 g/mol. The van der Waals surface area contributed by atoms with E-state index in [0.717, 1.165) is 22.4 Å². The summed E-state index contributed by atoms with van der Waals surface area (Å²) in [4.78, 5) is 32.7. The summed E-state index contributed by atoms with van der Waals surface area (Å²) in [6.45, 7) is 2.45. The second-order valence-corrected chi connectivity index (χ2v) is 10.4. The Morgan fingerprint density at radius 3 is 2.57 bits per heavy atom. The molecule has 212 valence electrons. The lowest BCUT2D eigenvalue weighted by Crippen LogP contribution is -2.29. The molecule has 0 spiro atoms. The van der Waals surface area contributed by atoms with E-state index in [0.29, 0.717) is 35.7 Å². The number of benzene rings is 3. The molecule has 8 heteroatoms. The molecule has 1 saturated heterocycles. The molecule has 0 radical (unpaired) electrons. The molecule has 6 rings (SSSR count). The van der Waals surface area contributed by atoms with Gasteiger partial charge in [-0.3, -0.25) is 14.6 Å². The Kier molecular flexibility index (Phi) is 7.35. The fraction of sp³-hybridized carbons (Fsp3) is 0.206. The van der Waals surface area contributed by atoms with Crippen molar-refractivity contribution in [2.24, 2.45) is 0 Å². The maximum absolute atomic E-state index is 13.6. The first-order chi connectivity index (χ1) is 20.4. The Balaban J connectivity index is 1.41. The number of aliphatic hydroxyl groups excluding tert-OH is 1. The summed E-state index contributed by atoms with van der Waals surface area (Å²) in [5.41, 5.74) is 3.75. The first kappa shape index (κ1) is 27.1. The standard InChI is InChI=1S/C34H30N2O6/c1-21-15-26-16-25(11-12-27(26)42-21)32(37)30-31(36(34(39)33(30)38)19-23-9-6-14-35-18-23)24-10-13-28(29(17-24)40-2)41-20-22-7-4-3-5-8-22/h3-14,16-18,21,31,37H,15,19-20H2,1-2H3/t21-,31-/m0/s1. The minimum absolute atomic E-state index is 0.0100. The number of aromatic nitrogens is 1. The average Bonchev–Trinajstić information content (AvgIpc) is 3.51. The van der Waals surface area contributed by atoms with Gasteiger partial charge in [0.2, 0.25) is 0 Å². The van der Waals surface area contributed by atoms with Crippen molar-refractivity contribution in [2.45, 2.75) is 38.6 Å². The van der Waals surface area contributed by atoms with Gasteiger partial charge in [0.15, 0.2) is 11.5 Å². The van der Waals surface area contributed by atoms with Crippen LogP contribution in [-0.2, 0) is 29.2 Å². The van der Waals surface area contributed by atoms with Gasteiger partial charge in [-0.2, -0.15) is 0 Å². The largest absolute Gasteiger partial charge is 0.507 e. The quantitative estimate of drug-likeness (QED) is 0.169. The number of Topliss-reactive ketones (excluding diaryl/α,β-unsaturated/α-hetero) is 1. The highest BCUT2D eigenvalue weighted by Gasteiger charge is 2.46. The van der Waals surface area contributed by atoms with Crippen molar-refractivity contribution in [3.63, 3.8) is 0 Å². The van der Waals surface area contributed by atoms with Gasteiger partial charge in [-0.1, -0.05) is 42.5 Å². The molecule has 2 aliphatic heterocycles. The van der Waals surface area contributed by atoms with Gasteiger partial charge in [0, 0.05) is 30.9 Å². The fourth-order valence-corrected chi connectivity index (χ4v) is 5.51. The van der Waals surface area contributed by atoms with Crippen LogP contribution in [0.2, 0.25) is 0 Å². The first-order valence-electron chi connectivity index (χ1n) is 13.7. The number of hydrogen-bond acceptors (Lipinski definition) is 7. The van der Waals surface area contributed by atoms with Gasteiger partial charge in [0.05, 0.1) is 18.7 Å². The van der Waals surface area contributed by atoms with Crippen LogP contribution in [0.3, 0.4) is 0 Å². The van der Waals surface area contributed by atoms with E-state index in [1.54, 1.807) is 48.8 Å². The smallest absolute Gasteiger partial charge is 0.295 e. The zero-order valence-corrected chi connectivity index (χ0v) is 23.3. The van der Waals surface area contributed by atoms with Crippen molar-refractivity contribution in [1.82, 2.24) is 9.88 Å². The van der Waals surface area contributed by atoms with Crippen molar-refractivity contribution in [2.75, 3.05) is 7.11 Å². The summed E-state index contributed by atoms with van der Waals surface area (Å²) in [6, 6.07) is 23.1. The maximum atomic E-state index is 13.6. The van der Waals surface area contributed by atoms with Crippen molar-refractivity contribution < 1.29 is 28.9 Å². The molecule has 1 fully saturated rings. The van der Waals surface area contributed by atoms with E-state index >= 15 is 0 Å². The highest BCUT2D eigenvalue weighted by molar-refractivity contribution is 6.46. The third-order valence-corrected chi connectivity index (χ3v) is 7.53. The monoisotopic (exact) mass is 562 g/mol. The van der Waals surface area contributed by atoms with E-state index in [2.05, 4.69) is 4.98 Å². The predicted octanol–water partition coefficient (Wildman–Crippen LogP) is 5.61. The predicted molar refractivity (Wildman–Crippen MR) is 156 cm³/mol. The number of amides is 1. The summed E-state index contributed by atoms with van der Waals surface area (Å²) >= 11 is 0. The molecule has 0 saturated carbocycles. The molecule has 1 amide bonds. The molecule has 1 N–H and O–H groups in total. The summed E-state index contributed by atoms with van der Waals surface area (Å²) < 4.78 is 17.5. The molecule has 3 aromatic carbocycles. The van der Waals surface area contributed by atoms with Crippen LogP contribution in [0.15, 0.2) is 96.8 Å². The topological polar surface area (TPSA) is 98.2 Å². The van der Waals surface area contributed by atoms with Crippen molar-refractivity contribution in [3.8, 4) is 17.2 Å². The zero-order chi connectivity index (χ0) is 29.2. The van der Waals surface area contributed by atoms with Crippen LogP contribution in [0.1, 0.15) is 40.8 Å². The molecule has 42 heavy (non-hydrogen) atoms. The van der Waals surface area contributed by atoms with Crippen LogP contribution in [0.5, 0.6) is 17.2 Å². The number of nitrogens with zero attached hydrogens (tertiary/aromatic N) is 2. The third kappa shape index (κ3) is 5.19. The third-order valence-electron chi connectivity index (χ3n) is 7.53. The van der Waals surface area contributed by atoms with Gasteiger partial charge in [-0.15, -0.1) is 0 Å². The van der Waals surface area contributed by atoms with Crippen LogP contribution in [0.25, 0.3) is 5.76 Å². The number of rotatable bonds is 8. The molecule has 2 atom stereocenters. The second-order valence-electron chi connectivity index (χ2n) is 10.4. The maximum Gasteiger partial charge on any atom is 0.295 e. The number of pyridine rings is 1. The number of hydrogen-bond donors (Lipinski definition) is 1. The van der Waals surface area contributed by atoms with E-state index in [9.17, 15) is 14.7 Å². The molecule has 1 aromatic heterocycles. The van der Waals surface area contributed by atoms with E-state index in [4.69, 9.17) is 14.2 Å². The first-order valence-corrected chi connectivity index (χ1v) is 13.7. The molecule has 0 aliphatic carbocycles. The van der Waals surface area contributed by atoms with Crippen LogP contribution in [-0.4, -0.2) is 39.9 Å². The number of fused-ring (bicyclic) bond motifs is 1. The zero-order valence-electron chi connectivity index (χ0n) is 23.3. The van der Waals surface area contributed by atoms with Crippen LogP contribution < -0.4 is 14.2 Å². The number of carbonyl (C=O) groups excluding carboxylic acids is 2. The van der Waals surface area contributed by atoms with Crippen molar-refractivity contribution >= 4 is 17.4 Å². The molecule has 4 aromatic rings. The Morgan fingerprint density at radius 2 is 1.81 bits per heavy atom. The highest BCUT2D eigenvalue weighted by atomic mass is 16.5. The SMILES string of the molecule is COc1cc([C@H]2C(=C(O)c3ccc4c(c3)C[C@H](C)O4)C(=O)C(=O)N2Cc2cccnc2)ccc1OCc1ccccc1.